The summed E-state index contributed by atoms with van der Waals surface area (Å²) in [7, 11) is 0. The van der Waals surface area contributed by atoms with Gasteiger partial charge < -0.3 is 10.6 Å². The smallest absolute Gasteiger partial charge is 0.269 e. The van der Waals surface area contributed by atoms with Crippen LogP contribution >= 0.6 is 12.4 Å². The topological polar surface area (TPSA) is 84.3 Å². The van der Waals surface area contributed by atoms with Crippen LogP contribution in [0.25, 0.3) is 0 Å². The van der Waals surface area contributed by atoms with Crippen molar-refractivity contribution in [1.29, 1.82) is 0 Å². The molecule has 1 aliphatic carbocycles. The number of amides is 1. The Hall–Kier alpha value is -1.66. The van der Waals surface area contributed by atoms with Crippen LogP contribution in [0.15, 0.2) is 24.3 Å². The third-order valence-corrected chi connectivity index (χ3v) is 4.22. The van der Waals surface area contributed by atoms with E-state index in [4.69, 9.17) is 0 Å². The summed E-state index contributed by atoms with van der Waals surface area (Å²) >= 11 is 0. The predicted molar refractivity (Wildman–Crippen MR) is 96.6 cm³/mol. The third-order valence-electron chi connectivity index (χ3n) is 4.22. The Balaban J connectivity index is 0.00000288. The number of nitrogens with zero attached hydrogens (tertiary/aromatic N) is 1. The van der Waals surface area contributed by atoms with Crippen LogP contribution in [0.4, 0.5) is 5.69 Å². The molecule has 1 saturated carbocycles. The molecule has 0 atom stereocenters. The highest BCUT2D eigenvalue weighted by molar-refractivity contribution is 5.85. The van der Waals surface area contributed by atoms with Gasteiger partial charge in [0.15, 0.2) is 0 Å². The molecule has 0 spiro atoms. The van der Waals surface area contributed by atoms with Gasteiger partial charge in [0, 0.05) is 31.3 Å². The number of nitrogens with one attached hydrogen (secondary N) is 2. The summed E-state index contributed by atoms with van der Waals surface area (Å²) in [5.41, 5.74) is 0.679. The van der Waals surface area contributed by atoms with E-state index in [2.05, 4.69) is 10.6 Å². The summed E-state index contributed by atoms with van der Waals surface area (Å²) in [6.07, 6.45) is 7.86. The predicted octanol–water partition coefficient (Wildman–Crippen LogP) is 2.99. The zero-order valence-corrected chi connectivity index (χ0v) is 14.6. The molecule has 1 aliphatic rings. The largest absolute Gasteiger partial charge is 0.355 e. The van der Waals surface area contributed by atoms with E-state index in [1.807, 2.05) is 0 Å². The van der Waals surface area contributed by atoms with Crippen molar-refractivity contribution in [2.75, 3.05) is 13.1 Å². The Labute approximate surface area is 149 Å². The van der Waals surface area contributed by atoms with Crippen LogP contribution in [-0.2, 0) is 11.2 Å². The van der Waals surface area contributed by atoms with E-state index in [0.29, 0.717) is 18.2 Å². The van der Waals surface area contributed by atoms with Crippen molar-refractivity contribution in [3.05, 3.63) is 39.9 Å². The Morgan fingerprint density at radius 1 is 1.17 bits per heavy atom. The van der Waals surface area contributed by atoms with Gasteiger partial charge in [-0.25, -0.2) is 0 Å². The maximum atomic E-state index is 11.9. The molecule has 7 heteroatoms. The lowest BCUT2D eigenvalue weighted by Crippen LogP contribution is -2.37. The van der Waals surface area contributed by atoms with Crippen molar-refractivity contribution in [3.8, 4) is 0 Å². The first-order chi connectivity index (χ1) is 11.1. The molecule has 0 heterocycles. The maximum Gasteiger partial charge on any atom is 0.269 e. The molecule has 24 heavy (non-hydrogen) atoms. The summed E-state index contributed by atoms with van der Waals surface area (Å²) in [5, 5.41) is 17.1. The number of non-ortho nitro benzene ring substituents is 1. The second kappa shape index (κ2) is 11.0. The number of halogens is 1. The molecule has 134 valence electrons. The number of benzene rings is 1. The zero-order valence-electron chi connectivity index (χ0n) is 13.8. The number of rotatable bonds is 7. The molecule has 2 rings (SSSR count). The fourth-order valence-corrected chi connectivity index (χ4v) is 2.99. The Morgan fingerprint density at radius 2 is 1.88 bits per heavy atom. The number of nitro groups is 1. The van der Waals surface area contributed by atoms with Gasteiger partial charge in [-0.2, -0.15) is 0 Å². The van der Waals surface area contributed by atoms with Gasteiger partial charge in [-0.15, -0.1) is 12.4 Å². The first kappa shape index (κ1) is 20.4. The average molecular weight is 356 g/mol. The van der Waals surface area contributed by atoms with Gasteiger partial charge in [0.05, 0.1) is 11.3 Å². The van der Waals surface area contributed by atoms with Crippen molar-refractivity contribution in [1.82, 2.24) is 10.6 Å². The lowest BCUT2D eigenvalue weighted by Gasteiger charge is -2.16. The van der Waals surface area contributed by atoms with Crippen molar-refractivity contribution in [2.24, 2.45) is 0 Å². The highest BCUT2D eigenvalue weighted by atomic mass is 35.5. The van der Waals surface area contributed by atoms with Crippen LogP contribution in [0.3, 0.4) is 0 Å². The van der Waals surface area contributed by atoms with Gasteiger partial charge in [-0.1, -0.05) is 37.8 Å². The van der Waals surface area contributed by atoms with Gasteiger partial charge in [0.1, 0.15) is 0 Å². The highest BCUT2D eigenvalue weighted by Gasteiger charge is 2.11. The van der Waals surface area contributed by atoms with Gasteiger partial charge in [0.25, 0.3) is 5.69 Å². The number of carbonyl (C=O) groups excluding carboxylic acids is 1. The molecule has 2 N–H and O–H groups in total. The second-order valence-corrected chi connectivity index (χ2v) is 6.10. The van der Waals surface area contributed by atoms with Gasteiger partial charge in [-0.3, -0.25) is 14.9 Å². The lowest BCUT2D eigenvalue weighted by atomic mass is 10.1. The SMILES string of the molecule is Cl.O=C(Cc1cccc([N+](=O)[O-])c1)NCCNC1CCCCCC1. The molecular formula is C17H26ClN3O3. The van der Waals surface area contributed by atoms with Crippen molar-refractivity contribution >= 4 is 24.0 Å². The van der Waals surface area contributed by atoms with E-state index in [-0.39, 0.29) is 30.4 Å². The lowest BCUT2D eigenvalue weighted by molar-refractivity contribution is -0.384. The molecular weight excluding hydrogens is 330 g/mol. The molecule has 0 aromatic heterocycles. The van der Waals surface area contributed by atoms with E-state index in [9.17, 15) is 14.9 Å². The van der Waals surface area contributed by atoms with E-state index in [1.165, 1.54) is 50.7 Å². The fourth-order valence-electron chi connectivity index (χ4n) is 2.99. The van der Waals surface area contributed by atoms with Crippen LogP contribution in [0.2, 0.25) is 0 Å². The van der Waals surface area contributed by atoms with Gasteiger partial charge >= 0.3 is 0 Å². The van der Waals surface area contributed by atoms with Crippen molar-refractivity contribution in [2.45, 2.75) is 51.0 Å². The molecule has 0 bridgehead atoms. The van der Waals surface area contributed by atoms with Crippen LogP contribution in [-0.4, -0.2) is 30.0 Å². The van der Waals surface area contributed by atoms with Gasteiger partial charge in [0.2, 0.25) is 5.91 Å². The van der Waals surface area contributed by atoms with E-state index in [0.717, 1.165) is 6.54 Å². The minimum absolute atomic E-state index is 0. The first-order valence-electron chi connectivity index (χ1n) is 8.38. The summed E-state index contributed by atoms with van der Waals surface area (Å²) < 4.78 is 0. The number of hydrogen-bond donors (Lipinski definition) is 2. The molecule has 6 nitrogen and oxygen atoms in total. The number of carbonyl (C=O) groups is 1. The molecule has 1 aromatic rings. The summed E-state index contributed by atoms with van der Waals surface area (Å²) in [6.45, 7) is 1.36. The molecule has 0 radical (unpaired) electrons. The molecule has 1 aromatic carbocycles. The van der Waals surface area contributed by atoms with E-state index in [1.54, 1.807) is 12.1 Å². The molecule has 0 saturated heterocycles. The zero-order chi connectivity index (χ0) is 16.5. The van der Waals surface area contributed by atoms with Crippen LogP contribution in [0.1, 0.15) is 44.1 Å². The van der Waals surface area contributed by atoms with Crippen molar-refractivity contribution in [3.63, 3.8) is 0 Å². The normalized spacial score (nSPS) is 15.2. The minimum atomic E-state index is -0.446. The standard InChI is InChI=1S/C17H25N3O3.ClH/c21-17(13-14-6-5-9-16(12-14)20(22)23)19-11-10-18-15-7-3-1-2-4-8-15;/h5-6,9,12,15,18H,1-4,7-8,10-11,13H2,(H,19,21);1H. The Bertz CT molecular complexity index is 532. The fraction of sp³-hybridized carbons (Fsp3) is 0.588. The molecule has 1 amide bonds. The maximum absolute atomic E-state index is 11.9. The molecule has 0 aliphatic heterocycles. The minimum Gasteiger partial charge on any atom is -0.355 e. The number of hydrogen-bond acceptors (Lipinski definition) is 4. The molecule has 0 unspecified atom stereocenters. The van der Waals surface area contributed by atoms with Crippen LogP contribution in [0, 0.1) is 10.1 Å². The average Bonchev–Trinajstić information content (AvgIpc) is 2.80. The van der Waals surface area contributed by atoms with Crippen molar-refractivity contribution < 1.29 is 9.72 Å². The third kappa shape index (κ3) is 7.27. The molecule has 1 fully saturated rings. The summed E-state index contributed by atoms with van der Waals surface area (Å²) in [5.74, 6) is -0.104. The first-order valence-corrected chi connectivity index (χ1v) is 8.38. The van der Waals surface area contributed by atoms with E-state index < -0.39 is 4.92 Å². The van der Waals surface area contributed by atoms with E-state index >= 15 is 0 Å². The Kier molecular flexibility index (Phi) is 9.34. The summed E-state index contributed by atoms with van der Waals surface area (Å²) in [6, 6.07) is 6.79. The quantitative estimate of drug-likeness (QED) is 0.341. The monoisotopic (exact) mass is 355 g/mol. The van der Waals surface area contributed by atoms with Crippen LogP contribution in [0.5, 0.6) is 0 Å². The van der Waals surface area contributed by atoms with Crippen LogP contribution < -0.4 is 10.6 Å². The Morgan fingerprint density at radius 3 is 2.54 bits per heavy atom. The highest BCUT2D eigenvalue weighted by Crippen LogP contribution is 2.17. The summed E-state index contributed by atoms with van der Waals surface area (Å²) in [4.78, 5) is 22.2. The van der Waals surface area contributed by atoms with Gasteiger partial charge in [-0.05, 0) is 18.4 Å². The second-order valence-electron chi connectivity index (χ2n) is 6.10. The number of nitro benzene ring substituents is 1.